The number of methoxy groups -OCH3 is 2. The average molecular weight is 363 g/mol. The monoisotopic (exact) mass is 362 g/mol. The molecule has 0 spiro atoms. The molecule has 0 saturated carbocycles. The lowest BCUT2D eigenvalue weighted by molar-refractivity contribution is -0.122. The Balaban J connectivity index is 1.87. The number of nitrogens with zero attached hydrogens (tertiary/aromatic N) is 1. The van der Waals surface area contributed by atoms with Crippen molar-refractivity contribution in [2.75, 3.05) is 27.8 Å². The highest BCUT2D eigenvalue weighted by Crippen LogP contribution is 2.25. The van der Waals surface area contributed by atoms with Crippen molar-refractivity contribution >= 4 is 17.5 Å². The first-order valence-corrected chi connectivity index (χ1v) is 8.30. The number of carbonyl (C=O) groups excluding carboxylic acids is 1. The molecular formula is C19H23ClN2O3. The number of amides is 1. The molecule has 2 aromatic rings. The third-order valence-electron chi connectivity index (χ3n) is 3.73. The van der Waals surface area contributed by atoms with Gasteiger partial charge in [0.2, 0.25) is 5.91 Å². The topological polar surface area (TPSA) is 50.8 Å². The molecule has 1 N–H and O–H groups in total. The highest BCUT2D eigenvalue weighted by atomic mass is 35.5. The zero-order valence-corrected chi connectivity index (χ0v) is 15.5. The van der Waals surface area contributed by atoms with Gasteiger partial charge in [0.1, 0.15) is 11.5 Å². The van der Waals surface area contributed by atoms with E-state index in [2.05, 4.69) is 5.32 Å². The first kappa shape index (κ1) is 19.1. The van der Waals surface area contributed by atoms with Crippen LogP contribution in [0.15, 0.2) is 42.5 Å². The summed E-state index contributed by atoms with van der Waals surface area (Å²) in [5.74, 6) is 1.43. The number of hydrogen-bond acceptors (Lipinski definition) is 4. The molecule has 0 aliphatic carbocycles. The summed E-state index contributed by atoms with van der Waals surface area (Å²) in [5, 5.41) is 3.56. The van der Waals surface area contributed by atoms with E-state index in [-0.39, 0.29) is 12.5 Å². The van der Waals surface area contributed by atoms with Gasteiger partial charge in [0.05, 0.1) is 20.8 Å². The number of benzene rings is 2. The molecular weight excluding hydrogens is 340 g/mol. The van der Waals surface area contributed by atoms with Gasteiger partial charge in [0, 0.05) is 29.7 Å². The molecule has 0 aromatic heterocycles. The lowest BCUT2D eigenvalue weighted by Crippen LogP contribution is -2.34. The normalized spacial score (nSPS) is 10.6. The lowest BCUT2D eigenvalue weighted by Gasteiger charge is -2.18. The number of hydrogen-bond donors (Lipinski definition) is 1. The van der Waals surface area contributed by atoms with Gasteiger partial charge in [-0.3, -0.25) is 9.69 Å². The molecule has 0 aliphatic heterocycles. The minimum atomic E-state index is -0.0463. The third-order valence-corrected chi connectivity index (χ3v) is 3.96. The summed E-state index contributed by atoms with van der Waals surface area (Å²) in [4.78, 5) is 14.0. The molecule has 0 fully saturated rings. The third kappa shape index (κ3) is 5.96. The fourth-order valence-corrected chi connectivity index (χ4v) is 2.69. The fourth-order valence-electron chi connectivity index (χ4n) is 2.48. The van der Waals surface area contributed by atoms with Gasteiger partial charge in [-0.25, -0.2) is 0 Å². The van der Waals surface area contributed by atoms with Crippen LogP contribution in [0.5, 0.6) is 11.5 Å². The highest BCUT2D eigenvalue weighted by Gasteiger charge is 2.11. The molecule has 2 aromatic carbocycles. The summed E-state index contributed by atoms with van der Waals surface area (Å²) >= 11 is 5.94. The van der Waals surface area contributed by atoms with Crippen LogP contribution >= 0.6 is 11.6 Å². The molecule has 1 amide bonds. The SMILES string of the molecule is COc1ccc(CN(C)CC(=O)NCc2cccc(Cl)c2)c(OC)c1. The Morgan fingerprint density at radius 1 is 1.16 bits per heavy atom. The van der Waals surface area contributed by atoms with Crippen molar-refractivity contribution in [3.8, 4) is 11.5 Å². The Hall–Kier alpha value is -2.24. The minimum absolute atomic E-state index is 0.0463. The van der Waals surface area contributed by atoms with Gasteiger partial charge in [0.25, 0.3) is 0 Å². The number of rotatable bonds is 8. The second-order valence-electron chi connectivity index (χ2n) is 5.76. The minimum Gasteiger partial charge on any atom is -0.497 e. The van der Waals surface area contributed by atoms with Crippen molar-refractivity contribution in [2.45, 2.75) is 13.1 Å². The van der Waals surface area contributed by atoms with Crippen LogP contribution in [0.2, 0.25) is 5.02 Å². The Morgan fingerprint density at radius 2 is 1.96 bits per heavy atom. The number of carbonyl (C=O) groups is 1. The van der Waals surface area contributed by atoms with E-state index in [0.29, 0.717) is 18.1 Å². The van der Waals surface area contributed by atoms with E-state index in [9.17, 15) is 4.79 Å². The van der Waals surface area contributed by atoms with Crippen LogP contribution in [0.4, 0.5) is 0 Å². The Bertz CT molecular complexity index is 722. The van der Waals surface area contributed by atoms with Crippen molar-refractivity contribution in [1.29, 1.82) is 0 Å². The molecule has 0 heterocycles. The van der Waals surface area contributed by atoms with E-state index in [4.69, 9.17) is 21.1 Å². The quantitative estimate of drug-likeness (QED) is 0.784. The van der Waals surface area contributed by atoms with Crippen molar-refractivity contribution in [3.05, 3.63) is 58.6 Å². The van der Waals surface area contributed by atoms with Gasteiger partial charge >= 0.3 is 0 Å². The van der Waals surface area contributed by atoms with E-state index < -0.39 is 0 Å². The Labute approximate surface area is 153 Å². The van der Waals surface area contributed by atoms with Crippen LogP contribution < -0.4 is 14.8 Å². The van der Waals surface area contributed by atoms with Crippen LogP contribution in [0.3, 0.4) is 0 Å². The number of likely N-dealkylation sites (N-methyl/N-ethyl adjacent to an activating group) is 1. The van der Waals surface area contributed by atoms with Gasteiger partial charge in [0.15, 0.2) is 0 Å². The molecule has 0 unspecified atom stereocenters. The first-order chi connectivity index (χ1) is 12.0. The summed E-state index contributed by atoms with van der Waals surface area (Å²) in [5.41, 5.74) is 1.97. The Kier molecular flexibility index (Phi) is 7.10. The number of halogens is 1. The summed E-state index contributed by atoms with van der Waals surface area (Å²) in [6, 6.07) is 13.1. The molecule has 5 nitrogen and oxygen atoms in total. The van der Waals surface area contributed by atoms with E-state index in [1.54, 1.807) is 14.2 Å². The van der Waals surface area contributed by atoms with Gasteiger partial charge < -0.3 is 14.8 Å². The van der Waals surface area contributed by atoms with Crippen LogP contribution in [0.25, 0.3) is 0 Å². The maximum Gasteiger partial charge on any atom is 0.234 e. The van der Waals surface area contributed by atoms with E-state index in [1.165, 1.54) is 0 Å². The van der Waals surface area contributed by atoms with Crippen LogP contribution in [-0.2, 0) is 17.9 Å². The molecule has 0 bridgehead atoms. The van der Waals surface area contributed by atoms with Gasteiger partial charge in [-0.05, 0) is 30.8 Å². The van der Waals surface area contributed by atoms with Crippen LogP contribution in [0, 0.1) is 0 Å². The predicted octanol–water partition coefficient (Wildman–Crippen LogP) is 3.11. The van der Waals surface area contributed by atoms with Crippen molar-refractivity contribution in [1.82, 2.24) is 10.2 Å². The lowest BCUT2D eigenvalue weighted by atomic mass is 10.1. The molecule has 0 aliphatic rings. The largest absolute Gasteiger partial charge is 0.497 e. The zero-order chi connectivity index (χ0) is 18.2. The van der Waals surface area contributed by atoms with Crippen molar-refractivity contribution in [3.63, 3.8) is 0 Å². The molecule has 134 valence electrons. The van der Waals surface area contributed by atoms with E-state index in [1.807, 2.05) is 54.4 Å². The molecule has 25 heavy (non-hydrogen) atoms. The fraction of sp³-hybridized carbons (Fsp3) is 0.316. The number of ether oxygens (including phenoxy) is 2. The average Bonchev–Trinajstić information content (AvgIpc) is 2.60. The summed E-state index contributed by atoms with van der Waals surface area (Å²) in [7, 11) is 5.13. The first-order valence-electron chi connectivity index (χ1n) is 7.92. The summed E-state index contributed by atoms with van der Waals surface area (Å²) < 4.78 is 10.6. The van der Waals surface area contributed by atoms with E-state index in [0.717, 1.165) is 22.6 Å². The van der Waals surface area contributed by atoms with Crippen LogP contribution in [0.1, 0.15) is 11.1 Å². The summed E-state index contributed by atoms with van der Waals surface area (Å²) in [6.45, 7) is 1.34. The maximum absolute atomic E-state index is 12.1. The van der Waals surface area contributed by atoms with Crippen molar-refractivity contribution in [2.24, 2.45) is 0 Å². The maximum atomic E-state index is 12.1. The Morgan fingerprint density at radius 3 is 2.64 bits per heavy atom. The smallest absolute Gasteiger partial charge is 0.234 e. The van der Waals surface area contributed by atoms with Crippen LogP contribution in [-0.4, -0.2) is 38.6 Å². The van der Waals surface area contributed by atoms with Crippen molar-refractivity contribution < 1.29 is 14.3 Å². The number of nitrogens with one attached hydrogen (secondary N) is 1. The highest BCUT2D eigenvalue weighted by molar-refractivity contribution is 6.30. The predicted molar refractivity (Wildman–Crippen MR) is 99.2 cm³/mol. The zero-order valence-electron chi connectivity index (χ0n) is 14.7. The van der Waals surface area contributed by atoms with Gasteiger partial charge in [-0.1, -0.05) is 29.8 Å². The molecule has 0 radical (unpaired) electrons. The second-order valence-corrected chi connectivity index (χ2v) is 6.19. The summed E-state index contributed by atoms with van der Waals surface area (Å²) in [6.07, 6.45) is 0. The second kappa shape index (κ2) is 9.30. The molecule has 2 rings (SSSR count). The molecule has 0 saturated heterocycles. The molecule has 0 atom stereocenters. The van der Waals surface area contributed by atoms with Gasteiger partial charge in [-0.2, -0.15) is 0 Å². The molecule has 6 heteroatoms. The standard InChI is InChI=1S/C19H23ClN2O3/c1-22(12-15-7-8-17(24-2)10-18(15)25-3)13-19(23)21-11-14-5-4-6-16(20)9-14/h4-10H,11-13H2,1-3H3,(H,21,23). The van der Waals surface area contributed by atoms with E-state index >= 15 is 0 Å². The van der Waals surface area contributed by atoms with Gasteiger partial charge in [-0.15, -0.1) is 0 Å².